The van der Waals surface area contributed by atoms with Crippen molar-refractivity contribution in [3.05, 3.63) is 0 Å². The Morgan fingerprint density at radius 1 is 1.12 bits per heavy atom. The molecule has 7 nitrogen and oxygen atoms in total. The minimum Gasteiger partial charge on any atom is -0.481 e. The molecule has 2 N–H and O–H groups in total. The number of esters is 1. The fraction of sp³-hybridized carbons (Fsp3) is 0.824. The first-order chi connectivity index (χ1) is 11.4. The van der Waals surface area contributed by atoms with E-state index < -0.39 is 18.4 Å². The Morgan fingerprint density at radius 2 is 1.71 bits per heavy atom. The summed E-state index contributed by atoms with van der Waals surface area (Å²) in [5, 5.41) is 10.2. The number of alkyl carbamates (subject to hydrolysis) is 1. The second-order valence-corrected chi connectivity index (χ2v) is 5.87. The normalized spacial score (nSPS) is 15.5. The second kappa shape index (κ2) is 13.6. The van der Waals surface area contributed by atoms with Crippen molar-refractivity contribution in [2.24, 2.45) is 5.92 Å². The van der Waals surface area contributed by atoms with Crippen LogP contribution >= 0.6 is 0 Å². The summed E-state index contributed by atoms with van der Waals surface area (Å²) in [7, 11) is 0. The largest absolute Gasteiger partial charge is 0.481 e. The first-order valence-corrected chi connectivity index (χ1v) is 8.72. The van der Waals surface area contributed by atoms with Crippen LogP contribution in [0.2, 0.25) is 0 Å². The second-order valence-electron chi connectivity index (χ2n) is 5.87. The fourth-order valence-corrected chi connectivity index (χ4v) is 2.39. The molecule has 0 spiro atoms. The van der Waals surface area contributed by atoms with Crippen LogP contribution in [0.1, 0.15) is 72.1 Å². The van der Waals surface area contributed by atoms with E-state index in [1.807, 2.05) is 6.92 Å². The molecule has 0 bridgehead atoms. The topological polar surface area (TPSA) is 102 Å². The van der Waals surface area contributed by atoms with Crippen molar-refractivity contribution in [3.8, 4) is 0 Å². The summed E-state index contributed by atoms with van der Waals surface area (Å²) in [5.74, 6) is -0.623. The lowest BCUT2D eigenvalue weighted by molar-refractivity contribution is -0.168. The van der Waals surface area contributed by atoms with Crippen molar-refractivity contribution in [1.82, 2.24) is 5.32 Å². The minimum absolute atomic E-state index is 0.285. The maximum atomic E-state index is 11.7. The van der Waals surface area contributed by atoms with Gasteiger partial charge in [-0.3, -0.25) is 9.59 Å². The Bertz CT molecular complexity index is 375. The lowest BCUT2D eigenvalue weighted by Crippen LogP contribution is -2.34. The van der Waals surface area contributed by atoms with Crippen molar-refractivity contribution < 1.29 is 29.0 Å². The van der Waals surface area contributed by atoms with Crippen LogP contribution in [-0.2, 0) is 19.1 Å². The molecule has 1 atom stereocenters. The van der Waals surface area contributed by atoms with Gasteiger partial charge in [-0.05, 0) is 25.2 Å². The van der Waals surface area contributed by atoms with Crippen LogP contribution in [0.4, 0.5) is 4.79 Å². The molecule has 1 fully saturated rings. The third kappa shape index (κ3) is 12.7. The molecule has 0 saturated heterocycles. The van der Waals surface area contributed by atoms with Gasteiger partial charge in [0, 0.05) is 26.3 Å². The van der Waals surface area contributed by atoms with Gasteiger partial charge in [0.1, 0.15) is 0 Å². The minimum atomic E-state index is -0.833. The molecule has 1 unspecified atom stereocenters. The smallest absolute Gasteiger partial charge is 0.410 e. The summed E-state index contributed by atoms with van der Waals surface area (Å²) in [6.07, 6.45) is 6.48. The lowest BCUT2D eigenvalue weighted by atomic mass is 9.89. The summed E-state index contributed by atoms with van der Waals surface area (Å²) in [5.41, 5.74) is 0. The SMILES string of the molecule is CC(=O)O.CCCC(OC(=O)CC)OC(=O)NCC1CCCCC1. The first-order valence-electron chi connectivity index (χ1n) is 8.72. The number of amides is 1. The molecule has 0 aromatic rings. The van der Waals surface area contributed by atoms with Crippen molar-refractivity contribution in [2.75, 3.05) is 6.54 Å². The Morgan fingerprint density at radius 3 is 2.21 bits per heavy atom. The van der Waals surface area contributed by atoms with Crippen molar-refractivity contribution in [2.45, 2.75) is 78.4 Å². The Kier molecular flexibility index (Phi) is 12.6. The molecule has 0 aliphatic heterocycles. The van der Waals surface area contributed by atoms with E-state index in [-0.39, 0.29) is 12.4 Å². The van der Waals surface area contributed by atoms with E-state index in [0.29, 0.717) is 18.9 Å². The van der Waals surface area contributed by atoms with Gasteiger partial charge in [-0.2, -0.15) is 0 Å². The number of nitrogens with one attached hydrogen (secondary N) is 1. The summed E-state index contributed by atoms with van der Waals surface area (Å²) < 4.78 is 10.2. The highest BCUT2D eigenvalue weighted by Gasteiger charge is 2.19. The number of ether oxygens (including phenoxy) is 2. The Balaban J connectivity index is 0.00000118. The van der Waals surface area contributed by atoms with Gasteiger partial charge in [0.2, 0.25) is 6.29 Å². The van der Waals surface area contributed by atoms with Crippen LogP contribution in [0.25, 0.3) is 0 Å². The van der Waals surface area contributed by atoms with Crippen LogP contribution < -0.4 is 5.32 Å². The molecular weight excluding hydrogens is 314 g/mol. The summed E-state index contributed by atoms with van der Waals surface area (Å²) in [6, 6.07) is 0. The van der Waals surface area contributed by atoms with E-state index in [1.54, 1.807) is 6.92 Å². The van der Waals surface area contributed by atoms with Gasteiger partial charge in [-0.1, -0.05) is 33.1 Å². The monoisotopic (exact) mass is 345 g/mol. The first kappa shape index (κ1) is 22.2. The van der Waals surface area contributed by atoms with E-state index in [0.717, 1.165) is 13.3 Å². The highest BCUT2D eigenvalue weighted by Crippen LogP contribution is 2.22. The third-order valence-electron chi connectivity index (χ3n) is 3.57. The molecule has 7 heteroatoms. The van der Waals surface area contributed by atoms with Crippen molar-refractivity contribution in [1.29, 1.82) is 0 Å². The van der Waals surface area contributed by atoms with Gasteiger partial charge >= 0.3 is 12.1 Å². The average Bonchev–Trinajstić information content (AvgIpc) is 2.53. The van der Waals surface area contributed by atoms with Gasteiger partial charge in [0.25, 0.3) is 5.97 Å². The summed E-state index contributed by atoms with van der Waals surface area (Å²) in [6.45, 7) is 5.41. The number of carboxylic acids is 1. The highest BCUT2D eigenvalue weighted by atomic mass is 16.7. The number of carbonyl (C=O) groups is 3. The zero-order chi connectivity index (χ0) is 18.4. The molecule has 0 aromatic heterocycles. The zero-order valence-corrected chi connectivity index (χ0v) is 15.0. The zero-order valence-electron chi connectivity index (χ0n) is 15.0. The molecule has 0 aromatic carbocycles. The number of aliphatic carboxylic acids is 1. The average molecular weight is 345 g/mol. The van der Waals surface area contributed by atoms with E-state index in [9.17, 15) is 9.59 Å². The standard InChI is InChI=1S/C15H27NO4.C2H4O2/c1-3-8-14(19-13(17)4-2)20-15(18)16-11-12-9-6-5-7-10-12;1-2(3)4/h12,14H,3-11H2,1-2H3,(H,16,18);1H3,(H,3,4). The maximum absolute atomic E-state index is 11.7. The Labute approximate surface area is 144 Å². The number of carboxylic acid groups (broad SMARTS) is 1. The molecule has 1 aliphatic rings. The van der Waals surface area contributed by atoms with Gasteiger partial charge in [-0.25, -0.2) is 4.79 Å². The van der Waals surface area contributed by atoms with E-state index in [1.165, 1.54) is 32.1 Å². The predicted molar refractivity (Wildman–Crippen MR) is 89.4 cm³/mol. The quantitative estimate of drug-likeness (QED) is 0.541. The molecule has 1 rings (SSSR count). The number of hydrogen-bond acceptors (Lipinski definition) is 5. The van der Waals surface area contributed by atoms with E-state index in [2.05, 4.69) is 5.32 Å². The van der Waals surface area contributed by atoms with E-state index in [4.69, 9.17) is 19.4 Å². The molecule has 1 saturated carbocycles. The molecule has 1 aliphatic carbocycles. The molecule has 0 heterocycles. The van der Waals surface area contributed by atoms with Crippen LogP contribution in [0.3, 0.4) is 0 Å². The lowest BCUT2D eigenvalue weighted by Gasteiger charge is -2.22. The maximum Gasteiger partial charge on any atom is 0.410 e. The van der Waals surface area contributed by atoms with Crippen LogP contribution in [0.15, 0.2) is 0 Å². The number of rotatable bonds is 7. The Hall–Kier alpha value is -1.79. The van der Waals surface area contributed by atoms with Crippen LogP contribution in [-0.4, -0.2) is 36.0 Å². The van der Waals surface area contributed by atoms with Gasteiger partial charge in [0.05, 0.1) is 0 Å². The van der Waals surface area contributed by atoms with Gasteiger partial charge in [-0.15, -0.1) is 0 Å². The fourth-order valence-electron chi connectivity index (χ4n) is 2.39. The predicted octanol–water partition coefficient (Wildman–Crippen LogP) is 3.46. The highest BCUT2D eigenvalue weighted by molar-refractivity contribution is 5.70. The van der Waals surface area contributed by atoms with Crippen LogP contribution in [0.5, 0.6) is 0 Å². The molecule has 1 amide bonds. The molecule has 0 radical (unpaired) electrons. The van der Waals surface area contributed by atoms with E-state index >= 15 is 0 Å². The molecule has 140 valence electrons. The van der Waals surface area contributed by atoms with Gasteiger partial charge < -0.3 is 19.9 Å². The summed E-state index contributed by atoms with van der Waals surface area (Å²) >= 11 is 0. The molecular formula is C17H31NO6. The van der Waals surface area contributed by atoms with Crippen molar-refractivity contribution >= 4 is 18.0 Å². The number of hydrogen-bond donors (Lipinski definition) is 2. The number of carbonyl (C=O) groups excluding carboxylic acids is 2. The van der Waals surface area contributed by atoms with Gasteiger partial charge in [0.15, 0.2) is 0 Å². The third-order valence-corrected chi connectivity index (χ3v) is 3.57. The molecule has 24 heavy (non-hydrogen) atoms. The summed E-state index contributed by atoms with van der Waals surface area (Å²) in [4.78, 5) is 32.0. The van der Waals surface area contributed by atoms with Crippen LogP contribution in [0, 0.1) is 5.92 Å². The van der Waals surface area contributed by atoms with Crippen molar-refractivity contribution in [3.63, 3.8) is 0 Å².